The van der Waals surface area contributed by atoms with Crippen LogP contribution in [0.4, 0.5) is 0 Å². The van der Waals surface area contributed by atoms with Crippen LogP contribution in [0.15, 0.2) is 0 Å². The van der Waals surface area contributed by atoms with E-state index in [4.69, 9.17) is 5.11 Å². The van der Waals surface area contributed by atoms with Crippen LogP contribution in [0, 0.1) is 5.92 Å². The molecule has 112 valence electrons. The third kappa shape index (κ3) is 4.16. The number of aliphatic hydroxyl groups is 2. The van der Waals surface area contributed by atoms with Gasteiger partial charge in [0.25, 0.3) is 0 Å². The largest absolute Gasteiger partial charge is 0.481 e. The van der Waals surface area contributed by atoms with Gasteiger partial charge in [-0.05, 0) is 53.4 Å². The van der Waals surface area contributed by atoms with Crippen molar-refractivity contribution >= 4 is 5.97 Å². The monoisotopic (exact) mass is 273 g/mol. The molecule has 1 rings (SSSR count). The van der Waals surface area contributed by atoms with Crippen LogP contribution >= 0.6 is 0 Å². The fraction of sp³-hybridized carbons (Fsp3) is 0.929. The SMILES string of the molecule is CC(C)(O)C(C)(C)NCC1(O)CCC(C(=O)O)CC1. The smallest absolute Gasteiger partial charge is 0.306 e. The summed E-state index contributed by atoms with van der Waals surface area (Å²) in [6.45, 7) is 7.60. The lowest BCUT2D eigenvalue weighted by Crippen LogP contribution is -2.59. The second-order valence-electron chi connectivity index (χ2n) is 6.87. The molecule has 4 N–H and O–H groups in total. The summed E-state index contributed by atoms with van der Waals surface area (Å²) >= 11 is 0. The Kier molecular flexibility index (Phi) is 4.65. The van der Waals surface area contributed by atoms with Crippen molar-refractivity contribution in [3.05, 3.63) is 0 Å². The molecule has 0 aromatic carbocycles. The van der Waals surface area contributed by atoms with Gasteiger partial charge in [-0.25, -0.2) is 0 Å². The van der Waals surface area contributed by atoms with Gasteiger partial charge in [-0.1, -0.05) is 0 Å². The van der Waals surface area contributed by atoms with Crippen LogP contribution in [-0.2, 0) is 4.79 Å². The topological polar surface area (TPSA) is 89.8 Å². The van der Waals surface area contributed by atoms with E-state index in [1.54, 1.807) is 13.8 Å². The van der Waals surface area contributed by atoms with E-state index in [0.29, 0.717) is 32.2 Å². The van der Waals surface area contributed by atoms with Crippen LogP contribution in [0.2, 0.25) is 0 Å². The van der Waals surface area contributed by atoms with Crippen molar-refractivity contribution in [3.63, 3.8) is 0 Å². The summed E-state index contributed by atoms with van der Waals surface area (Å²) in [7, 11) is 0. The van der Waals surface area contributed by atoms with E-state index in [2.05, 4.69) is 5.32 Å². The Labute approximate surface area is 115 Å². The lowest BCUT2D eigenvalue weighted by atomic mass is 9.77. The normalized spacial score (nSPS) is 29.3. The lowest BCUT2D eigenvalue weighted by molar-refractivity contribution is -0.144. The molecule has 0 atom stereocenters. The molecule has 1 saturated carbocycles. The number of aliphatic carboxylic acids is 1. The molecule has 5 heteroatoms. The molecule has 0 heterocycles. The Balaban J connectivity index is 2.52. The van der Waals surface area contributed by atoms with Gasteiger partial charge in [-0.3, -0.25) is 4.79 Å². The van der Waals surface area contributed by atoms with E-state index in [0.717, 1.165) is 0 Å². The molecule has 0 aliphatic heterocycles. The first-order valence-electron chi connectivity index (χ1n) is 6.89. The summed E-state index contributed by atoms with van der Waals surface area (Å²) in [5.41, 5.74) is -2.29. The zero-order valence-electron chi connectivity index (χ0n) is 12.4. The molecule has 0 saturated heterocycles. The van der Waals surface area contributed by atoms with Gasteiger partial charge in [-0.15, -0.1) is 0 Å². The number of carboxylic acids is 1. The average Bonchev–Trinajstić information content (AvgIpc) is 2.26. The maximum Gasteiger partial charge on any atom is 0.306 e. The maximum atomic E-state index is 10.9. The van der Waals surface area contributed by atoms with Gasteiger partial charge < -0.3 is 20.6 Å². The number of β-amino-alcohol motifs (C(OH)–C–C–N with tert-alkyl or cyclic N) is 1. The van der Waals surface area contributed by atoms with E-state index in [1.807, 2.05) is 13.8 Å². The zero-order valence-corrected chi connectivity index (χ0v) is 12.4. The number of rotatable bonds is 5. The summed E-state index contributed by atoms with van der Waals surface area (Å²) < 4.78 is 0. The van der Waals surface area contributed by atoms with E-state index < -0.39 is 22.7 Å². The fourth-order valence-electron chi connectivity index (χ4n) is 2.18. The van der Waals surface area contributed by atoms with Crippen molar-refractivity contribution in [2.24, 2.45) is 5.92 Å². The van der Waals surface area contributed by atoms with E-state index >= 15 is 0 Å². The summed E-state index contributed by atoms with van der Waals surface area (Å²) in [6.07, 6.45) is 1.99. The molecule has 0 spiro atoms. The second kappa shape index (κ2) is 5.38. The molecule has 19 heavy (non-hydrogen) atoms. The van der Waals surface area contributed by atoms with E-state index in [9.17, 15) is 15.0 Å². The average molecular weight is 273 g/mol. The molecule has 0 amide bonds. The molecule has 0 aromatic heterocycles. The first-order chi connectivity index (χ1) is 8.47. The van der Waals surface area contributed by atoms with E-state index in [-0.39, 0.29) is 5.92 Å². The van der Waals surface area contributed by atoms with Gasteiger partial charge in [0.05, 0.1) is 17.1 Å². The minimum absolute atomic E-state index is 0.331. The molecular formula is C14H27NO4. The summed E-state index contributed by atoms with van der Waals surface area (Å²) in [5, 5.41) is 32.7. The predicted molar refractivity (Wildman–Crippen MR) is 72.9 cm³/mol. The third-order valence-electron chi connectivity index (χ3n) is 4.65. The fourth-order valence-corrected chi connectivity index (χ4v) is 2.18. The molecular weight excluding hydrogens is 246 g/mol. The number of carboxylic acid groups (broad SMARTS) is 1. The Morgan fingerprint density at radius 3 is 2.11 bits per heavy atom. The highest BCUT2D eigenvalue weighted by atomic mass is 16.4. The maximum absolute atomic E-state index is 10.9. The summed E-state index contributed by atoms with van der Waals surface area (Å²) in [5.74, 6) is -1.10. The van der Waals surface area contributed by atoms with Gasteiger partial charge in [0.15, 0.2) is 0 Å². The predicted octanol–water partition coefficient (Wildman–Crippen LogP) is 1.13. The number of hydrogen-bond donors (Lipinski definition) is 4. The second-order valence-corrected chi connectivity index (χ2v) is 6.87. The van der Waals surface area contributed by atoms with Crippen LogP contribution in [0.5, 0.6) is 0 Å². The van der Waals surface area contributed by atoms with Gasteiger partial charge >= 0.3 is 5.97 Å². The van der Waals surface area contributed by atoms with Gasteiger partial charge in [0, 0.05) is 12.1 Å². The molecule has 0 unspecified atom stereocenters. The van der Waals surface area contributed by atoms with Crippen LogP contribution in [0.1, 0.15) is 53.4 Å². The Morgan fingerprint density at radius 2 is 1.74 bits per heavy atom. The number of nitrogens with one attached hydrogen (secondary N) is 1. The first kappa shape index (κ1) is 16.4. The van der Waals surface area contributed by atoms with Gasteiger partial charge in [0.1, 0.15) is 0 Å². The first-order valence-corrected chi connectivity index (χ1v) is 6.89. The van der Waals surface area contributed by atoms with Crippen molar-refractivity contribution in [3.8, 4) is 0 Å². The summed E-state index contributed by atoms with van der Waals surface area (Å²) in [4.78, 5) is 10.9. The quantitative estimate of drug-likeness (QED) is 0.603. The standard InChI is InChI=1S/C14H27NO4/c1-12(2,13(3,4)18)15-9-14(19)7-5-10(6-8-14)11(16)17/h10,15,18-19H,5-9H2,1-4H3,(H,16,17). The minimum Gasteiger partial charge on any atom is -0.481 e. The summed E-state index contributed by atoms with van der Waals surface area (Å²) in [6, 6.07) is 0. The Bertz CT molecular complexity index is 325. The Morgan fingerprint density at radius 1 is 1.26 bits per heavy atom. The Hall–Kier alpha value is -0.650. The van der Waals surface area contributed by atoms with Gasteiger partial charge in [0.2, 0.25) is 0 Å². The molecule has 1 fully saturated rings. The molecule has 1 aliphatic carbocycles. The highest BCUT2D eigenvalue weighted by Gasteiger charge is 2.40. The van der Waals surface area contributed by atoms with Crippen LogP contribution < -0.4 is 5.32 Å². The van der Waals surface area contributed by atoms with Crippen molar-refractivity contribution < 1.29 is 20.1 Å². The van der Waals surface area contributed by atoms with Gasteiger partial charge in [-0.2, -0.15) is 0 Å². The van der Waals surface area contributed by atoms with Crippen molar-refractivity contribution in [1.82, 2.24) is 5.32 Å². The number of hydrogen-bond acceptors (Lipinski definition) is 4. The zero-order chi connectivity index (χ0) is 14.9. The van der Waals surface area contributed by atoms with Crippen molar-refractivity contribution in [1.29, 1.82) is 0 Å². The molecule has 1 aliphatic rings. The molecule has 0 radical (unpaired) electrons. The lowest BCUT2D eigenvalue weighted by Gasteiger charge is -2.42. The van der Waals surface area contributed by atoms with Crippen molar-refractivity contribution in [2.75, 3.05) is 6.54 Å². The molecule has 0 bridgehead atoms. The van der Waals surface area contributed by atoms with E-state index in [1.165, 1.54) is 0 Å². The van der Waals surface area contributed by atoms with Crippen LogP contribution in [0.25, 0.3) is 0 Å². The van der Waals surface area contributed by atoms with Crippen LogP contribution in [0.3, 0.4) is 0 Å². The molecule has 0 aromatic rings. The minimum atomic E-state index is -0.901. The number of carbonyl (C=O) groups is 1. The molecule has 5 nitrogen and oxygen atoms in total. The third-order valence-corrected chi connectivity index (χ3v) is 4.65. The van der Waals surface area contributed by atoms with Crippen molar-refractivity contribution in [2.45, 2.75) is 70.1 Å². The highest BCUT2D eigenvalue weighted by molar-refractivity contribution is 5.70. The van der Waals surface area contributed by atoms with Crippen LogP contribution in [-0.4, -0.2) is 44.6 Å². The highest BCUT2D eigenvalue weighted by Crippen LogP contribution is 2.32.